The zero-order chi connectivity index (χ0) is 16.0. The Balaban J connectivity index is 2.51. The molecule has 0 aromatic carbocycles. The maximum absolute atomic E-state index is 4.46. The predicted molar refractivity (Wildman–Crippen MR) is 90.3 cm³/mol. The van der Waals surface area contributed by atoms with Crippen molar-refractivity contribution in [1.29, 1.82) is 0 Å². The molecule has 0 amide bonds. The highest BCUT2D eigenvalue weighted by atomic mass is 15.0. The molecule has 21 heavy (non-hydrogen) atoms. The van der Waals surface area contributed by atoms with E-state index in [9.17, 15) is 0 Å². The number of rotatable bonds is 7. The number of aromatic nitrogens is 2. The van der Waals surface area contributed by atoms with Crippen molar-refractivity contribution >= 4 is 5.82 Å². The molecular formula is C17H32N4. The third-order valence-corrected chi connectivity index (χ3v) is 3.74. The first-order chi connectivity index (χ1) is 9.69. The molecular weight excluding hydrogens is 260 g/mol. The van der Waals surface area contributed by atoms with E-state index >= 15 is 0 Å². The average molecular weight is 292 g/mol. The van der Waals surface area contributed by atoms with Crippen LogP contribution in [0.3, 0.4) is 0 Å². The van der Waals surface area contributed by atoms with Gasteiger partial charge in [-0.1, -0.05) is 27.7 Å². The van der Waals surface area contributed by atoms with E-state index in [2.05, 4.69) is 69.1 Å². The van der Waals surface area contributed by atoms with Gasteiger partial charge in [0.25, 0.3) is 0 Å². The first kappa shape index (κ1) is 17.9. The molecule has 0 atom stereocenters. The SMILES string of the molecule is CC(C)C(CNc1cnc(CNC(C)(C)C)cn1)C(C)C. The summed E-state index contributed by atoms with van der Waals surface area (Å²) in [5, 5.41) is 6.83. The third kappa shape index (κ3) is 6.89. The van der Waals surface area contributed by atoms with Crippen molar-refractivity contribution in [2.75, 3.05) is 11.9 Å². The van der Waals surface area contributed by atoms with Crippen molar-refractivity contribution in [2.24, 2.45) is 17.8 Å². The summed E-state index contributed by atoms with van der Waals surface area (Å²) in [4.78, 5) is 8.92. The largest absolute Gasteiger partial charge is 0.368 e. The van der Waals surface area contributed by atoms with Crippen molar-refractivity contribution in [2.45, 2.75) is 60.5 Å². The van der Waals surface area contributed by atoms with Gasteiger partial charge in [0.15, 0.2) is 0 Å². The molecule has 0 aliphatic rings. The Bertz CT molecular complexity index is 396. The van der Waals surface area contributed by atoms with E-state index in [0.29, 0.717) is 17.8 Å². The molecule has 0 saturated carbocycles. The fourth-order valence-electron chi connectivity index (χ4n) is 2.36. The van der Waals surface area contributed by atoms with Gasteiger partial charge < -0.3 is 10.6 Å². The van der Waals surface area contributed by atoms with Crippen LogP contribution in [0.2, 0.25) is 0 Å². The highest BCUT2D eigenvalue weighted by molar-refractivity contribution is 5.31. The zero-order valence-corrected chi connectivity index (χ0v) is 14.7. The van der Waals surface area contributed by atoms with E-state index in [0.717, 1.165) is 24.6 Å². The molecule has 1 aromatic rings. The molecule has 0 unspecified atom stereocenters. The van der Waals surface area contributed by atoms with Crippen molar-refractivity contribution in [1.82, 2.24) is 15.3 Å². The molecule has 4 heteroatoms. The lowest BCUT2D eigenvalue weighted by molar-refractivity contribution is 0.304. The van der Waals surface area contributed by atoms with E-state index in [1.54, 1.807) is 0 Å². The molecule has 0 aliphatic carbocycles. The minimum atomic E-state index is 0.0976. The highest BCUT2D eigenvalue weighted by Gasteiger charge is 2.17. The summed E-state index contributed by atoms with van der Waals surface area (Å²) < 4.78 is 0. The first-order valence-electron chi connectivity index (χ1n) is 7.99. The molecule has 0 bridgehead atoms. The Morgan fingerprint density at radius 2 is 1.62 bits per heavy atom. The van der Waals surface area contributed by atoms with Gasteiger partial charge in [-0.3, -0.25) is 4.98 Å². The van der Waals surface area contributed by atoms with Crippen LogP contribution in [0.5, 0.6) is 0 Å². The Morgan fingerprint density at radius 1 is 1.00 bits per heavy atom. The number of hydrogen-bond donors (Lipinski definition) is 2. The van der Waals surface area contributed by atoms with Crippen LogP contribution in [0, 0.1) is 17.8 Å². The van der Waals surface area contributed by atoms with E-state index in [1.165, 1.54) is 0 Å². The van der Waals surface area contributed by atoms with Crippen molar-refractivity contribution in [3.8, 4) is 0 Å². The Kier molecular flexibility index (Phi) is 6.59. The van der Waals surface area contributed by atoms with Crippen molar-refractivity contribution < 1.29 is 0 Å². The van der Waals surface area contributed by atoms with Gasteiger partial charge in [0.05, 0.1) is 18.1 Å². The molecule has 120 valence electrons. The summed E-state index contributed by atoms with van der Waals surface area (Å²) in [7, 11) is 0. The van der Waals surface area contributed by atoms with Crippen LogP contribution in [0.4, 0.5) is 5.82 Å². The second kappa shape index (κ2) is 7.74. The number of anilines is 1. The Morgan fingerprint density at radius 3 is 2.05 bits per heavy atom. The molecule has 0 spiro atoms. The van der Waals surface area contributed by atoms with Gasteiger partial charge in [0.2, 0.25) is 0 Å². The highest BCUT2D eigenvalue weighted by Crippen LogP contribution is 2.20. The Labute approximate surface area is 130 Å². The molecule has 1 heterocycles. The van der Waals surface area contributed by atoms with Crippen LogP contribution in [0.25, 0.3) is 0 Å². The lowest BCUT2D eigenvalue weighted by Gasteiger charge is -2.25. The summed E-state index contributed by atoms with van der Waals surface area (Å²) in [6, 6.07) is 0. The van der Waals surface area contributed by atoms with Gasteiger partial charge in [-0.15, -0.1) is 0 Å². The Hall–Kier alpha value is -1.16. The monoisotopic (exact) mass is 292 g/mol. The molecule has 0 fully saturated rings. The van der Waals surface area contributed by atoms with Crippen LogP contribution in [-0.4, -0.2) is 22.1 Å². The second-order valence-electron chi connectivity index (χ2n) is 7.53. The normalized spacial score (nSPS) is 12.5. The molecule has 0 aliphatic heterocycles. The van der Waals surface area contributed by atoms with Gasteiger partial charge in [0.1, 0.15) is 5.82 Å². The summed E-state index contributed by atoms with van der Waals surface area (Å²) in [6.07, 6.45) is 3.68. The fraction of sp³-hybridized carbons (Fsp3) is 0.765. The molecule has 0 radical (unpaired) electrons. The summed E-state index contributed by atoms with van der Waals surface area (Å²) >= 11 is 0. The van der Waals surface area contributed by atoms with Gasteiger partial charge in [-0.25, -0.2) is 4.98 Å². The number of nitrogens with one attached hydrogen (secondary N) is 2. The maximum Gasteiger partial charge on any atom is 0.144 e. The molecule has 4 nitrogen and oxygen atoms in total. The molecule has 0 saturated heterocycles. The minimum absolute atomic E-state index is 0.0976. The van der Waals surface area contributed by atoms with Crippen molar-refractivity contribution in [3.05, 3.63) is 18.1 Å². The van der Waals surface area contributed by atoms with Gasteiger partial charge >= 0.3 is 0 Å². The van der Waals surface area contributed by atoms with Crippen LogP contribution in [0.1, 0.15) is 54.2 Å². The molecule has 1 rings (SSSR count). The topological polar surface area (TPSA) is 49.8 Å². The van der Waals surface area contributed by atoms with Crippen LogP contribution in [-0.2, 0) is 6.54 Å². The lowest BCUT2D eigenvalue weighted by Crippen LogP contribution is -2.35. The smallest absolute Gasteiger partial charge is 0.144 e. The molecule has 2 N–H and O–H groups in total. The third-order valence-electron chi connectivity index (χ3n) is 3.74. The first-order valence-corrected chi connectivity index (χ1v) is 7.99. The summed E-state index contributed by atoms with van der Waals surface area (Å²) in [5.74, 6) is 2.84. The zero-order valence-electron chi connectivity index (χ0n) is 14.7. The number of hydrogen-bond acceptors (Lipinski definition) is 4. The van der Waals surface area contributed by atoms with Crippen molar-refractivity contribution in [3.63, 3.8) is 0 Å². The van der Waals surface area contributed by atoms with Gasteiger partial charge in [-0.2, -0.15) is 0 Å². The standard InChI is InChI=1S/C17H32N4/c1-12(2)15(13(3)4)10-20-16-11-18-14(8-19-16)9-21-17(5,6)7/h8,11-13,15,21H,9-10H2,1-7H3,(H,19,20). The van der Waals surface area contributed by atoms with E-state index in [1.807, 2.05) is 12.4 Å². The van der Waals surface area contributed by atoms with E-state index in [-0.39, 0.29) is 5.54 Å². The number of nitrogens with zero attached hydrogens (tertiary/aromatic N) is 2. The molecule has 1 aromatic heterocycles. The second-order valence-corrected chi connectivity index (χ2v) is 7.53. The van der Waals surface area contributed by atoms with Gasteiger partial charge in [-0.05, 0) is 38.5 Å². The minimum Gasteiger partial charge on any atom is -0.368 e. The van der Waals surface area contributed by atoms with Crippen LogP contribution < -0.4 is 10.6 Å². The lowest BCUT2D eigenvalue weighted by atomic mass is 9.85. The average Bonchev–Trinajstić information content (AvgIpc) is 2.36. The van der Waals surface area contributed by atoms with E-state index < -0.39 is 0 Å². The van der Waals surface area contributed by atoms with E-state index in [4.69, 9.17) is 0 Å². The summed E-state index contributed by atoms with van der Waals surface area (Å²) in [6.45, 7) is 17.2. The predicted octanol–water partition coefficient (Wildman–Crippen LogP) is 3.70. The van der Waals surface area contributed by atoms with Crippen LogP contribution in [0.15, 0.2) is 12.4 Å². The maximum atomic E-state index is 4.46. The van der Waals surface area contributed by atoms with Crippen LogP contribution >= 0.6 is 0 Å². The fourth-order valence-corrected chi connectivity index (χ4v) is 2.36. The van der Waals surface area contributed by atoms with Gasteiger partial charge in [0, 0.05) is 18.6 Å². The quantitative estimate of drug-likeness (QED) is 0.804. The summed E-state index contributed by atoms with van der Waals surface area (Å²) in [5.41, 5.74) is 1.07.